The molecule has 2 heterocycles. The van der Waals surface area contributed by atoms with Crippen LogP contribution >= 0.6 is 15.9 Å². The smallest absolute Gasteiger partial charge is 0.159 e. The van der Waals surface area contributed by atoms with Crippen LogP contribution in [0.25, 0.3) is 0 Å². The second-order valence-electron chi connectivity index (χ2n) is 3.80. The summed E-state index contributed by atoms with van der Waals surface area (Å²) in [5.41, 5.74) is 2.50. The van der Waals surface area contributed by atoms with Gasteiger partial charge < -0.3 is 10.7 Å². The van der Waals surface area contributed by atoms with Crippen molar-refractivity contribution in [1.82, 2.24) is 19.7 Å². The average Bonchev–Trinajstić information content (AvgIpc) is 2.84. The first-order valence-corrected chi connectivity index (χ1v) is 6.21. The molecule has 0 saturated carbocycles. The molecule has 2 rings (SSSR count). The molecule has 0 aliphatic carbocycles. The van der Waals surface area contributed by atoms with E-state index < -0.39 is 0 Å². The molecule has 0 bridgehead atoms. The van der Waals surface area contributed by atoms with Crippen LogP contribution in [0.5, 0.6) is 0 Å². The first kappa shape index (κ1) is 12.8. The second-order valence-corrected chi connectivity index (χ2v) is 4.60. The van der Waals surface area contributed by atoms with Crippen LogP contribution in [0.4, 0.5) is 11.6 Å². The maximum Gasteiger partial charge on any atom is 0.159 e. The predicted octanol–water partition coefficient (Wildman–Crippen LogP) is 1.22. The third-order valence-corrected chi connectivity index (χ3v) is 3.08. The Morgan fingerprint density at radius 1 is 1.44 bits per heavy atom. The first-order valence-electron chi connectivity index (χ1n) is 5.41. The van der Waals surface area contributed by atoms with Crippen LogP contribution in [0.2, 0.25) is 0 Å². The standard InChI is InChI=1S/C10H14BrN7/c1-7(5-18-4-2-3-15-18)16-9-8(11)10(17-12)14-6-13-9/h2-4,6-7H,5,12H2,1H3,(H2,13,14,16,17). The Bertz CT molecular complexity index is 499. The first-order chi connectivity index (χ1) is 8.70. The summed E-state index contributed by atoms with van der Waals surface area (Å²) in [6, 6.07) is 2.06. The lowest BCUT2D eigenvalue weighted by Crippen LogP contribution is -2.23. The molecular formula is C10H14BrN7. The van der Waals surface area contributed by atoms with Crippen molar-refractivity contribution in [2.75, 3.05) is 10.7 Å². The fourth-order valence-corrected chi connectivity index (χ4v) is 1.97. The van der Waals surface area contributed by atoms with E-state index in [0.717, 1.165) is 6.54 Å². The number of nitrogens with zero attached hydrogens (tertiary/aromatic N) is 4. The van der Waals surface area contributed by atoms with Gasteiger partial charge in [-0.3, -0.25) is 4.68 Å². The van der Waals surface area contributed by atoms with E-state index in [9.17, 15) is 0 Å². The number of hydrazine groups is 1. The highest BCUT2D eigenvalue weighted by Gasteiger charge is 2.10. The van der Waals surface area contributed by atoms with Crippen LogP contribution in [0.3, 0.4) is 0 Å². The Kier molecular flexibility index (Phi) is 4.11. The van der Waals surface area contributed by atoms with E-state index in [0.29, 0.717) is 16.1 Å². The highest BCUT2D eigenvalue weighted by molar-refractivity contribution is 9.10. The Morgan fingerprint density at radius 3 is 2.89 bits per heavy atom. The van der Waals surface area contributed by atoms with Crippen molar-refractivity contribution in [3.63, 3.8) is 0 Å². The monoisotopic (exact) mass is 311 g/mol. The number of nitrogens with one attached hydrogen (secondary N) is 2. The van der Waals surface area contributed by atoms with Gasteiger partial charge in [-0.25, -0.2) is 15.8 Å². The van der Waals surface area contributed by atoms with Gasteiger partial charge in [0.15, 0.2) is 5.82 Å². The molecule has 0 aromatic carbocycles. The molecule has 8 heteroatoms. The highest BCUT2D eigenvalue weighted by Crippen LogP contribution is 2.26. The van der Waals surface area contributed by atoms with Crippen LogP contribution in [-0.2, 0) is 6.54 Å². The van der Waals surface area contributed by atoms with Crippen molar-refractivity contribution >= 4 is 27.6 Å². The zero-order valence-electron chi connectivity index (χ0n) is 9.84. The number of nitrogens with two attached hydrogens (primary N) is 1. The Labute approximate surface area is 113 Å². The normalized spacial score (nSPS) is 12.2. The van der Waals surface area contributed by atoms with Gasteiger partial charge in [-0.1, -0.05) is 0 Å². The van der Waals surface area contributed by atoms with E-state index in [1.165, 1.54) is 6.33 Å². The van der Waals surface area contributed by atoms with E-state index in [4.69, 9.17) is 5.84 Å². The van der Waals surface area contributed by atoms with Crippen LogP contribution in [0.15, 0.2) is 29.3 Å². The molecular weight excluding hydrogens is 298 g/mol. The lowest BCUT2D eigenvalue weighted by molar-refractivity contribution is 0.559. The number of hydrogen-bond donors (Lipinski definition) is 3. The van der Waals surface area contributed by atoms with Crippen LogP contribution in [0, 0.1) is 0 Å². The molecule has 7 nitrogen and oxygen atoms in total. The molecule has 96 valence electrons. The van der Waals surface area contributed by atoms with E-state index in [1.54, 1.807) is 6.20 Å². The van der Waals surface area contributed by atoms with E-state index in [2.05, 4.69) is 41.7 Å². The van der Waals surface area contributed by atoms with Crippen molar-refractivity contribution in [3.05, 3.63) is 29.3 Å². The molecule has 0 spiro atoms. The summed E-state index contributed by atoms with van der Waals surface area (Å²) in [7, 11) is 0. The zero-order chi connectivity index (χ0) is 13.0. The van der Waals surface area contributed by atoms with Gasteiger partial charge in [0.25, 0.3) is 0 Å². The van der Waals surface area contributed by atoms with Crippen LogP contribution in [-0.4, -0.2) is 25.8 Å². The molecule has 2 aromatic heterocycles. The fourth-order valence-electron chi connectivity index (χ4n) is 1.54. The SMILES string of the molecule is CC(Cn1cccn1)Nc1ncnc(NN)c1Br. The minimum absolute atomic E-state index is 0.168. The molecule has 0 aliphatic rings. The number of halogens is 1. The molecule has 0 aliphatic heterocycles. The topological polar surface area (TPSA) is 93.7 Å². The van der Waals surface area contributed by atoms with Gasteiger partial charge in [-0.05, 0) is 28.9 Å². The summed E-state index contributed by atoms with van der Waals surface area (Å²) in [5.74, 6) is 6.58. The predicted molar refractivity (Wildman–Crippen MR) is 72.9 cm³/mol. The summed E-state index contributed by atoms with van der Waals surface area (Å²) < 4.78 is 2.56. The quantitative estimate of drug-likeness (QED) is 0.568. The summed E-state index contributed by atoms with van der Waals surface area (Å²) in [6.45, 7) is 2.79. The van der Waals surface area contributed by atoms with Gasteiger partial charge in [0, 0.05) is 18.4 Å². The Balaban J connectivity index is 2.05. The van der Waals surface area contributed by atoms with E-state index in [-0.39, 0.29) is 6.04 Å². The third-order valence-electron chi connectivity index (χ3n) is 2.33. The number of aromatic nitrogens is 4. The summed E-state index contributed by atoms with van der Waals surface area (Å²) in [6.07, 6.45) is 5.12. The Morgan fingerprint density at radius 2 is 2.22 bits per heavy atom. The van der Waals surface area contributed by atoms with Crippen molar-refractivity contribution in [2.45, 2.75) is 19.5 Å². The minimum atomic E-state index is 0.168. The summed E-state index contributed by atoms with van der Waals surface area (Å²) in [4.78, 5) is 8.15. The fraction of sp³-hybridized carbons (Fsp3) is 0.300. The maximum absolute atomic E-state index is 5.35. The lowest BCUT2D eigenvalue weighted by atomic mass is 10.3. The van der Waals surface area contributed by atoms with Gasteiger partial charge >= 0.3 is 0 Å². The molecule has 1 unspecified atom stereocenters. The summed E-state index contributed by atoms with van der Waals surface area (Å²) >= 11 is 3.40. The Hall–Kier alpha value is -1.67. The molecule has 18 heavy (non-hydrogen) atoms. The molecule has 1 atom stereocenters. The molecule has 0 saturated heterocycles. The van der Waals surface area contributed by atoms with Crippen molar-refractivity contribution in [1.29, 1.82) is 0 Å². The number of hydrogen-bond acceptors (Lipinski definition) is 6. The van der Waals surface area contributed by atoms with Crippen molar-refractivity contribution in [2.24, 2.45) is 5.84 Å². The molecule has 0 radical (unpaired) electrons. The lowest BCUT2D eigenvalue weighted by Gasteiger charge is -2.16. The zero-order valence-corrected chi connectivity index (χ0v) is 11.4. The van der Waals surface area contributed by atoms with E-state index in [1.807, 2.05) is 23.9 Å². The van der Waals surface area contributed by atoms with Crippen LogP contribution in [0.1, 0.15) is 6.92 Å². The number of rotatable bonds is 5. The molecule has 4 N–H and O–H groups in total. The molecule has 0 fully saturated rings. The van der Waals surface area contributed by atoms with Gasteiger partial charge in [0.1, 0.15) is 16.6 Å². The largest absolute Gasteiger partial charge is 0.365 e. The van der Waals surface area contributed by atoms with Gasteiger partial charge in [0.2, 0.25) is 0 Å². The molecule has 0 amide bonds. The van der Waals surface area contributed by atoms with Crippen molar-refractivity contribution in [3.8, 4) is 0 Å². The third kappa shape index (κ3) is 2.96. The minimum Gasteiger partial charge on any atom is -0.365 e. The summed E-state index contributed by atoms with van der Waals surface area (Å²) in [5, 5.41) is 7.42. The number of anilines is 2. The highest BCUT2D eigenvalue weighted by atomic mass is 79.9. The second kappa shape index (κ2) is 5.78. The maximum atomic E-state index is 5.35. The average molecular weight is 312 g/mol. The number of nitrogen functional groups attached to an aromatic ring is 1. The van der Waals surface area contributed by atoms with E-state index >= 15 is 0 Å². The van der Waals surface area contributed by atoms with Crippen LogP contribution < -0.4 is 16.6 Å². The van der Waals surface area contributed by atoms with Crippen molar-refractivity contribution < 1.29 is 0 Å². The van der Waals surface area contributed by atoms with Gasteiger partial charge in [0.05, 0.1) is 6.54 Å². The van der Waals surface area contributed by atoms with Gasteiger partial charge in [-0.2, -0.15) is 5.10 Å². The molecule has 2 aromatic rings. The van der Waals surface area contributed by atoms with Gasteiger partial charge in [-0.15, -0.1) is 0 Å².